The van der Waals surface area contributed by atoms with Crippen LogP contribution in [0.4, 0.5) is 5.13 Å². The number of amides is 1. The molecule has 0 aliphatic carbocycles. The fourth-order valence-electron chi connectivity index (χ4n) is 2.35. The number of aromatic nitrogens is 2. The summed E-state index contributed by atoms with van der Waals surface area (Å²) in [5.74, 6) is -0.00503. The van der Waals surface area contributed by atoms with Gasteiger partial charge in [0, 0.05) is 13.1 Å². The number of aryl methyl sites for hydroxylation is 1. The van der Waals surface area contributed by atoms with Gasteiger partial charge in [0.1, 0.15) is 0 Å². The summed E-state index contributed by atoms with van der Waals surface area (Å²) in [5.41, 5.74) is 3.49. The monoisotopic (exact) mass is 398 g/mol. The molecule has 0 aliphatic rings. The van der Waals surface area contributed by atoms with E-state index in [9.17, 15) is 4.79 Å². The minimum absolute atomic E-state index is 0.00503. The van der Waals surface area contributed by atoms with Gasteiger partial charge < -0.3 is 10.6 Å². The third-order valence-electron chi connectivity index (χ3n) is 3.93. The van der Waals surface area contributed by atoms with Gasteiger partial charge in [-0.1, -0.05) is 83.3 Å². The minimum Gasteiger partial charge on any atom is -0.356 e. The number of nitrogens with one attached hydrogen (secondary N) is 2. The molecular weight excluding hydrogens is 376 g/mol. The van der Waals surface area contributed by atoms with E-state index < -0.39 is 0 Å². The molecule has 5 nitrogen and oxygen atoms in total. The van der Waals surface area contributed by atoms with Crippen LogP contribution in [0, 0.1) is 6.92 Å². The molecule has 0 fully saturated rings. The van der Waals surface area contributed by atoms with Crippen LogP contribution in [-0.2, 0) is 17.9 Å². The van der Waals surface area contributed by atoms with Crippen molar-refractivity contribution < 1.29 is 4.79 Å². The highest BCUT2D eigenvalue weighted by atomic mass is 32.2. The highest BCUT2D eigenvalue weighted by Gasteiger charge is 2.17. The second kappa shape index (κ2) is 9.53. The highest BCUT2D eigenvalue weighted by Crippen LogP contribution is 2.29. The normalized spacial score (nSPS) is 11.8. The molecule has 1 aromatic heterocycles. The summed E-state index contributed by atoms with van der Waals surface area (Å²) in [5, 5.41) is 15.1. The number of thioether (sulfide) groups is 1. The largest absolute Gasteiger partial charge is 0.356 e. The minimum atomic E-state index is -0.231. The van der Waals surface area contributed by atoms with Crippen molar-refractivity contribution in [1.29, 1.82) is 0 Å². The van der Waals surface area contributed by atoms with Crippen molar-refractivity contribution in [3.63, 3.8) is 0 Å². The first-order valence-corrected chi connectivity index (χ1v) is 10.4. The second-order valence-corrected chi connectivity index (χ2v) is 8.74. The Kier molecular flexibility index (Phi) is 6.84. The Morgan fingerprint density at radius 2 is 1.74 bits per heavy atom. The van der Waals surface area contributed by atoms with Gasteiger partial charge in [0.05, 0.1) is 5.25 Å². The van der Waals surface area contributed by atoms with Gasteiger partial charge in [-0.25, -0.2) is 0 Å². The van der Waals surface area contributed by atoms with Gasteiger partial charge in [-0.05, 0) is 25.0 Å². The summed E-state index contributed by atoms with van der Waals surface area (Å²) in [4.78, 5) is 12.3. The van der Waals surface area contributed by atoms with Crippen LogP contribution in [0.3, 0.4) is 0 Å². The van der Waals surface area contributed by atoms with E-state index in [-0.39, 0.29) is 11.2 Å². The van der Waals surface area contributed by atoms with E-state index in [2.05, 4.69) is 33.0 Å². The van der Waals surface area contributed by atoms with E-state index in [1.807, 2.05) is 56.3 Å². The van der Waals surface area contributed by atoms with Gasteiger partial charge in [0.2, 0.25) is 11.0 Å². The molecule has 1 atom stereocenters. The molecule has 0 spiro atoms. The molecule has 3 rings (SSSR count). The van der Waals surface area contributed by atoms with Gasteiger partial charge >= 0.3 is 0 Å². The van der Waals surface area contributed by atoms with E-state index in [0.717, 1.165) is 15.0 Å². The topological polar surface area (TPSA) is 66.9 Å². The number of hydrogen-bond acceptors (Lipinski definition) is 6. The van der Waals surface area contributed by atoms with E-state index >= 15 is 0 Å². The number of nitrogens with zero attached hydrogens (tertiary/aromatic N) is 2. The summed E-state index contributed by atoms with van der Waals surface area (Å²) in [7, 11) is 0. The first-order valence-electron chi connectivity index (χ1n) is 8.71. The molecule has 3 aromatic rings. The molecule has 140 valence electrons. The Balaban J connectivity index is 1.45. The fourth-order valence-corrected chi connectivity index (χ4v) is 4.26. The first-order chi connectivity index (χ1) is 13.1. The molecule has 2 N–H and O–H groups in total. The lowest BCUT2D eigenvalue weighted by molar-refractivity contribution is -0.120. The zero-order valence-corrected chi connectivity index (χ0v) is 16.9. The zero-order valence-electron chi connectivity index (χ0n) is 15.3. The van der Waals surface area contributed by atoms with Gasteiger partial charge in [0.25, 0.3) is 0 Å². The Morgan fingerprint density at radius 3 is 2.48 bits per heavy atom. The molecule has 0 saturated carbocycles. The number of anilines is 1. The Morgan fingerprint density at radius 1 is 1.04 bits per heavy atom. The predicted octanol–water partition coefficient (Wildman–Crippen LogP) is 4.26. The number of carbonyl (C=O) groups excluding carboxylic acids is 1. The van der Waals surface area contributed by atoms with Crippen LogP contribution >= 0.6 is 23.1 Å². The van der Waals surface area contributed by atoms with Crippen molar-refractivity contribution in [2.45, 2.75) is 36.5 Å². The Bertz CT molecular complexity index is 865. The Labute approximate surface area is 167 Å². The summed E-state index contributed by atoms with van der Waals surface area (Å²) < 4.78 is 0.781. The Hall–Kier alpha value is -2.38. The van der Waals surface area contributed by atoms with Gasteiger partial charge in [-0.3, -0.25) is 4.79 Å². The molecule has 0 bridgehead atoms. The van der Waals surface area contributed by atoms with E-state index in [1.165, 1.54) is 34.2 Å². The van der Waals surface area contributed by atoms with Crippen LogP contribution in [0.25, 0.3) is 0 Å². The van der Waals surface area contributed by atoms with Crippen LogP contribution in [0.5, 0.6) is 0 Å². The van der Waals surface area contributed by atoms with Crippen LogP contribution < -0.4 is 10.6 Å². The molecule has 27 heavy (non-hydrogen) atoms. The number of benzene rings is 2. The lowest BCUT2D eigenvalue weighted by Gasteiger charge is -2.10. The van der Waals surface area contributed by atoms with Crippen LogP contribution in [0.15, 0.2) is 58.9 Å². The molecule has 0 aliphatic heterocycles. The fraction of sp³-hybridized carbons (Fsp3) is 0.250. The maximum Gasteiger partial charge on any atom is 0.233 e. The second-order valence-electron chi connectivity index (χ2n) is 6.18. The lowest BCUT2D eigenvalue weighted by atomic mass is 10.1. The SMILES string of the molecule is Cc1ccc(CNC(=O)C(C)Sc2nnc(NCc3ccccc3)s2)cc1. The van der Waals surface area contributed by atoms with Crippen molar-refractivity contribution in [1.82, 2.24) is 15.5 Å². The lowest BCUT2D eigenvalue weighted by Crippen LogP contribution is -2.30. The van der Waals surface area contributed by atoms with Crippen molar-refractivity contribution in [3.8, 4) is 0 Å². The van der Waals surface area contributed by atoms with Crippen molar-refractivity contribution in [2.75, 3.05) is 5.32 Å². The smallest absolute Gasteiger partial charge is 0.233 e. The van der Waals surface area contributed by atoms with E-state index in [0.29, 0.717) is 13.1 Å². The van der Waals surface area contributed by atoms with Crippen LogP contribution in [0.2, 0.25) is 0 Å². The third-order valence-corrected chi connectivity index (χ3v) is 5.99. The molecular formula is C20H22N4OS2. The average molecular weight is 399 g/mol. The summed E-state index contributed by atoms with van der Waals surface area (Å²) in [6.45, 7) is 5.16. The number of hydrogen-bond donors (Lipinski definition) is 2. The van der Waals surface area contributed by atoms with Crippen molar-refractivity contribution in [2.24, 2.45) is 0 Å². The van der Waals surface area contributed by atoms with E-state index in [1.54, 1.807) is 0 Å². The zero-order chi connectivity index (χ0) is 19.1. The highest BCUT2D eigenvalue weighted by molar-refractivity contribution is 8.02. The summed E-state index contributed by atoms with van der Waals surface area (Å²) in [6, 6.07) is 18.3. The summed E-state index contributed by atoms with van der Waals surface area (Å²) in [6.07, 6.45) is 0. The molecule has 1 amide bonds. The van der Waals surface area contributed by atoms with Gasteiger partial charge in [0.15, 0.2) is 4.34 Å². The summed E-state index contributed by atoms with van der Waals surface area (Å²) >= 11 is 2.89. The van der Waals surface area contributed by atoms with Crippen LogP contribution in [0.1, 0.15) is 23.6 Å². The molecule has 2 aromatic carbocycles. The molecule has 1 heterocycles. The maximum atomic E-state index is 12.3. The van der Waals surface area contributed by atoms with Gasteiger partial charge in [-0.2, -0.15) is 0 Å². The predicted molar refractivity (Wildman–Crippen MR) is 112 cm³/mol. The number of rotatable bonds is 8. The van der Waals surface area contributed by atoms with Crippen molar-refractivity contribution in [3.05, 3.63) is 71.3 Å². The average Bonchev–Trinajstić information content (AvgIpc) is 3.14. The van der Waals surface area contributed by atoms with Crippen molar-refractivity contribution >= 4 is 34.1 Å². The third kappa shape index (κ3) is 6.08. The molecule has 0 radical (unpaired) electrons. The molecule has 1 unspecified atom stereocenters. The quantitative estimate of drug-likeness (QED) is 0.555. The standard InChI is InChI=1S/C20H22N4OS2/c1-14-8-10-17(11-9-14)12-21-18(25)15(2)26-20-24-23-19(27-20)22-13-16-6-4-3-5-7-16/h3-11,15H,12-13H2,1-2H3,(H,21,25)(H,22,23). The van der Waals surface area contributed by atoms with E-state index in [4.69, 9.17) is 0 Å². The molecule has 0 saturated heterocycles. The molecule has 7 heteroatoms. The number of carbonyl (C=O) groups is 1. The van der Waals surface area contributed by atoms with Crippen LogP contribution in [-0.4, -0.2) is 21.4 Å². The van der Waals surface area contributed by atoms with Gasteiger partial charge in [-0.15, -0.1) is 10.2 Å². The first kappa shape index (κ1) is 19.4. The maximum absolute atomic E-state index is 12.3.